The van der Waals surface area contributed by atoms with E-state index in [2.05, 4.69) is 10.3 Å². The lowest BCUT2D eigenvalue weighted by atomic mass is 10.3. The van der Waals surface area contributed by atoms with Crippen LogP contribution in [0.2, 0.25) is 0 Å². The standard InChI is InChI=1S/C16H13FN2O2S/c1-10(21-12-5-3-2-4-6-12)15(20)19-16-18-13-8-7-11(17)9-14(13)22-16/h2-10H,1H3,(H,18,19,20)/t10-/m1/s1. The number of nitrogens with zero attached hydrogens (tertiary/aromatic N) is 1. The molecule has 112 valence electrons. The number of fused-ring (bicyclic) bond motifs is 1. The van der Waals surface area contributed by atoms with Gasteiger partial charge >= 0.3 is 0 Å². The molecule has 0 bridgehead atoms. The van der Waals surface area contributed by atoms with E-state index in [9.17, 15) is 9.18 Å². The average Bonchev–Trinajstić information content (AvgIpc) is 2.89. The zero-order chi connectivity index (χ0) is 15.5. The fraction of sp³-hybridized carbons (Fsp3) is 0.125. The van der Waals surface area contributed by atoms with Gasteiger partial charge in [0, 0.05) is 0 Å². The molecule has 0 saturated carbocycles. The van der Waals surface area contributed by atoms with Crippen LogP contribution in [0.4, 0.5) is 9.52 Å². The maximum Gasteiger partial charge on any atom is 0.266 e. The molecule has 0 saturated heterocycles. The van der Waals surface area contributed by atoms with Gasteiger partial charge in [-0.2, -0.15) is 0 Å². The van der Waals surface area contributed by atoms with Crippen molar-refractivity contribution < 1.29 is 13.9 Å². The summed E-state index contributed by atoms with van der Waals surface area (Å²) in [6.07, 6.45) is -0.661. The second-order valence-corrected chi connectivity index (χ2v) is 5.72. The average molecular weight is 316 g/mol. The molecule has 22 heavy (non-hydrogen) atoms. The number of anilines is 1. The van der Waals surface area contributed by atoms with Gasteiger partial charge in [0.25, 0.3) is 5.91 Å². The Bertz CT molecular complexity index is 804. The summed E-state index contributed by atoms with van der Waals surface area (Å²) < 4.78 is 19.4. The summed E-state index contributed by atoms with van der Waals surface area (Å²) in [5.41, 5.74) is 0.651. The zero-order valence-corrected chi connectivity index (χ0v) is 12.6. The lowest BCUT2D eigenvalue weighted by Crippen LogP contribution is -2.30. The molecule has 4 nitrogen and oxygen atoms in total. The third kappa shape index (κ3) is 3.23. The van der Waals surface area contributed by atoms with Crippen LogP contribution in [0.3, 0.4) is 0 Å². The van der Waals surface area contributed by atoms with Crippen molar-refractivity contribution in [2.45, 2.75) is 13.0 Å². The molecule has 6 heteroatoms. The number of para-hydroxylation sites is 1. The summed E-state index contributed by atoms with van der Waals surface area (Å²) in [7, 11) is 0. The molecule has 2 aromatic carbocycles. The Morgan fingerprint density at radius 1 is 1.27 bits per heavy atom. The number of benzene rings is 2. The molecule has 0 spiro atoms. The van der Waals surface area contributed by atoms with Crippen molar-refractivity contribution >= 4 is 32.6 Å². The first-order chi connectivity index (χ1) is 10.6. The van der Waals surface area contributed by atoms with E-state index in [1.165, 1.54) is 23.5 Å². The largest absolute Gasteiger partial charge is 0.481 e. The molecule has 1 heterocycles. The van der Waals surface area contributed by atoms with Crippen LogP contribution in [0, 0.1) is 5.82 Å². The summed E-state index contributed by atoms with van der Waals surface area (Å²) in [6.45, 7) is 1.66. The van der Waals surface area contributed by atoms with E-state index in [-0.39, 0.29) is 11.7 Å². The third-order valence-corrected chi connectivity index (χ3v) is 3.94. The van der Waals surface area contributed by atoms with Crippen molar-refractivity contribution in [3.05, 3.63) is 54.3 Å². The van der Waals surface area contributed by atoms with Gasteiger partial charge in [0.05, 0.1) is 10.2 Å². The normalized spacial score (nSPS) is 12.1. The maximum atomic E-state index is 13.2. The topological polar surface area (TPSA) is 51.2 Å². The molecule has 0 aliphatic heterocycles. The van der Waals surface area contributed by atoms with Crippen molar-refractivity contribution in [3.8, 4) is 5.75 Å². The minimum absolute atomic E-state index is 0.302. The number of ether oxygens (including phenoxy) is 1. The fourth-order valence-electron chi connectivity index (χ4n) is 1.92. The Balaban J connectivity index is 1.69. The van der Waals surface area contributed by atoms with Gasteiger partial charge in [-0.3, -0.25) is 10.1 Å². The van der Waals surface area contributed by atoms with E-state index in [4.69, 9.17) is 4.74 Å². The predicted molar refractivity (Wildman–Crippen MR) is 84.7 cm³/mol. The highest BCUT2D eigenvalue weighted by Gasteiger charge is 2.16. The van der Waals surface area contributed by atoms with Gasteiger partial charge in [0.1, 0.15) is 11.6 Å². The highest BCUT2D eigenvalue weighted by molar-refractivity contribution is 7.22. The van der Waals surface area contributed by atoms with Crippen molar-refractivity contribution in [2.75, 3.05) is 5.32 Å². The lowest BCUT2D eigenvalue weighted by Gasteiger charge is -2.13. The van der Waals surface area contributed by atoms with Gasteiger partial charge in [0.15, 0.2) is 11.2 Å². The molecule has 0 fully saturated rings. The number of hydrogen-bond donors (Lipinski definition) is 1. The van der Waals surface area contributed by atoms with E-state index in [0.29, 0.717) is 21.1 Å². The van der Waals surface area contributed by atoms with Crippen LogP contribution in [0.15, 0.2) is 48.5 Å². The zero-order valence-electron chi connectivity index (χ0n) is 11.7. The first kappa shape index (κ1) is 14.5. The molecular weight excluding hydrogens is 303 g/mol. The van der Waals surface area contributed by atoms with Crippen LogP contribution < -0.4 is 10.1 Å². The first-order valence-corrected chi connectivity index (χ1v) is 7.52. The Morgan fingerprint density at radius 3 is 2.82 bits per heavy atom. The smallest absolute Gasteiger partial charge is 0.266 e. The number of carbonyl (C=O) groups is 1. The molecule has 0 unspecified atom stereocenters. The van der Waals surface area contributed by atoms with Crippen LogP contribution in [-0.4, -0.2) is 17.0 Å². The number of aromatic nitrogens is 1. The number of carbonyl (C=O) groups excluding carboxylic acids is 1. The highest BCUT2D eigenvalue weighted by Crippen LogP contribution is 2.26. The first-order valence-electron chi connectivity index (χ1n) is 6.70. The van der Waals surface area contributed by atoms with E-state index in [1.54, 1.807) is 25.1 Å². The lowest BCUT2D eigenvalue weighted by molar-refractivity contribution is -0.122. The second-order valence-electron chi connectivity index (χ2n) is 4.69. The summed E-state index contributed by atoms with van der Waals surface area (Å²) >= 11 is 1.22. The third-order valence-electron chi connectivity index (χ3n) is 3.01. The fourth-order valence-corrected chi connectivity index (χ4v) is 2.81. The quantitative estimate of drug-likeness (QED) is 0.795. The summed E-state index contributed by atoms with van der Waals surface area (Å²) in [5, 5.41) is 3.12. The van der Waals surface area contributed by atoms with Crippen LogP contribution in [0.5, 0.6) is 5.75 Å². The number of amides is 1. The number of thiazole rings is 1. The summed E-state index contributed by atoms with van der Waals surface area (Å²) in [4.78, 5) is 16.4. The van der Waals surface area contributed by atoms with Crippen molar-refractivity contribution in [1.29, 1.82) is 0 Å². The highest BCUT2D eigenvalue weighted by atomic mass is 32.1. The van der Waals surface area contributed by atoms with E-state index in [1.807, 2.05) is 18.2 Å². The molecular formula is C16H13FN2O2S. The Hall–Kier alpha value is -2.47. The van der Waals surface area contributed by atoms with Gasteiger partial charge in [-0.25, -0.2) is 9.37 Å². The number of rotatable bonds is 4. The monoisotopic (exact) mass is 316 g/mol. The Kier molecular flexibility index (Phi) is 4.02. The number of hydrogen-bond acceptors (Lipinski definition) is 4. The molecule has 0 aliphatic carbocycles. The Morgan fingerprint density at radius 2 is 2.05 bits per heavy atom. The number of nitrogens with one attached hydrogen (secondary N) is 1. The summed E-state index contributed by atoms with van der Waals surface area (Å²) in [5.74, 6) is -0.00490. The van der Waals surface area contributed by atoms with E-state index < -0.39 is 6.10 Å². The molecule has 0 radical (unpaired) electrons. The van der Waals surface area contributed by atoms with Crippen molar-refractivity contribution in [2.24, 2.45) is 0 Å². The predicted octanol–water partition coefficient (Wildman–Crippen LogP) is 3.84. The SMILES string of the molecule is C[C@@H](Oc1ccccc1)C(=O)Nc1nc2ccc(F)cc2s1. The second kappa shape index (κ2) is 6.11. The van der Waals surface area contributed by atoms with Gasteiger partial charge in [-0.1, -0.05) is 29.5 Å². The van der Waals surface area contributed by atoms with Crippen molar-refractivity contribution in [1.82, 2.24) is 4.98 Å². The van der Waals surface area contributed by atoms with E-state index >= 15 is 0 Å². The van der Waals surface area contributed by atoms with Gasteiger partial charge in [-0.15, -0.1) is 0 Å². The van der Waals surface area contributed by atoms with Gasteiger partial charge in [0.2, 0.25) is 0 Å². The van der Waals surface area contributed by atoms with Crippen LogP contribution in [-0.2, 0) is 4.79 Å². The molecule has 1 aromatic heterocycles. The molecule has 1 amide bonds. The van der Waals surface area contributed by atoms with Crippen molar-refractivity contribution in [3.63, 3.8) is 0 Å². The maximum absolute atomic E-state index is 13.2. The summed E-state index contributed by atoms with van der Waals surface area (Å²) in [6, 6.07) is 13.4. The van der Waals surface area contributed by atoms with Gasteiger partial charge in [-0.05, 0) is 37.3 Å². The van der Waals surface area contributed by atoms with Crippen LogP contribution in [0.25, 0.3) is 10.2 Å². The van der Waals surface area contributed by atoms with Crippen LogP contribution in [0.1, 0.15) is 6.92 Å². The molecule has 1 N–H and O–H groups in total. The molecule has 0 aliphatic rings. The minimum Gasteiger partial charge on any atom is -0.481 e. The Labute approximate surface area is 130 Å². The molecule has 1 atom stereocenters. The van der Waals surface area contributed by atoms with E-state index in [0.717, 1.165) is 0 Å². The van der Waals surface area contributed by atoms with Crippen LogP contribution >= 0.6 is 11.3 Å². The molecule has 3 aromatic rings. The minimum atomic E-state index is -0.661. The molecule has 3 rings (SSSR count). The number of halogens is 1. The van der Waals surface area contributed by atoms with Gasteiger partial charge < -0.3 is 4.74 Å².